The zero-order valence-electron chi connectivity index (χ0n) is 14.5. The number of para-hydroxylation sites is 1. The summed E-state index contributed by atoms with van der Waals surface area (Å²) in [5.74, 6) is -1.75. The molecule has 2 aromatic heterocycles. The number of amides is 3. The summed E-state index contributed by atoms with van der Waals surface area (Å²) < 4.78 is 0. The maximum absolute atomic E-state index is 12.1. The molecule has 3 amide bonds. The minimum Gasteiger partial charge on any atom is -0.351 e. The molecule has 8 heteroatoms. The van der Waals surface area contributed by atoms with Crippen LogP contribution >= 0.6 is 0 Å². The second-order valence-corrected chi connectivity index (χ2v) is 5.82. The van der Waals surface area contributed by atoms with Crippen LogP contribution in [0.4, 0.5) is 0 Å². The summed E-state index contributed by atoms with van der Waals surface area (Å²) in [6.45, 7) is 0.594. The first-order valence-electron chi connectivity index (χ1n) is 8.44. The molecule has 0 saturated carbocycles. The van der Waals surface area contributed by atoms with Crippen LogP contribution in [-0.4, -0.2) is 40.8 Å². The van der Waals surface area contributed by atoms with Gasteiger partial charge >= 0.3 is 11.8 Å². The number of aromatic amines is 1. The van der Waals surface area contributed by atoms with Gasteiger partial charge in [-0.1, -0.05) is 18.2 Å². The number of nitrogens with one attached hydrogen (secondary N) is 4. The van der Waals surface area contributed by atoms with Crippen LogP contribution in [0.3, 0.4) is 0 Å². The van der Waals surface area contributed by atoms with E-state index in [4.69, 9.17) is 0 Å². The number of aromatic nitrogens is 2. The number of carbonyl (C=O) groups is 3. The van der Waals surface area contributed by atoms with Gasteiger partial charge in [-0.25, -0.2) is 0 Å². The molecule has 3 rings (SSSR count). The molecule has 0 aliphatic rings. The Morgan fingerprint density at radius 2 is 1.59 bits per heavy atom. The Morgan fingerprint density at radius 3 is 2.37 bits per heavy atom. The molecule has 0 radical (unpaired) electrons. The monoisotopic (exact) mass is 365 g/mol. The van der Waals surface area contributed by atoms with Crippen LogP contribution < -0.4 is 16.0 Å². The van der Waals surface area contributed by atoms with Crippen molar-refractivity contribution in [1.29, 1.82) is 0 Å². The average molecular weight is 365 g/mol. The molecule has 0 spiro atoms. The van der Waals surface area contributed by atoms with Crippen molar-refractivity contribution >= 4 is 28.6 Å². The summed E-state index contributed by atoms with van der Waals surface area (Å²) in [6.07, 6.45) is 3.22. The molecule has 0 aliphatic carbocycles. The van der Waals surface area contributed by atoms with Gasteiger partial charge in [0.2, 0.25) is 0 Å². The van der Waals surface area contributed by atoms with E-state index in [2.05, 4.69) is 25.9 Å². The van der Waals surface area contributed by atoms with Crippen molar-refractivity contribution in [2.45, 2.75) is 6.54 Å². The smallest absolute Gasteiger partial charge is 0.309 e. The van der Waals surface area contributed by atoms with Crippen molar-refractivity contribution in [3.63, 3.8) is 0 Å². The normalized spacial score (nSPS) is 10.4. The van der Waals surface area contributed by atoms with Gasteiger partial charge < -0.3 is 20.9 Å². The number of benzene rings is 1. The summed E-state index contributed by atoms with van der Waals surface area (Å²) in [5, 5.41) is 8.62. The largest absolute Gasteiger partial charge is 0.351 e. The van der Waals surface area contributed by atoms with Gasteiger partial charge in [0, 0.05) is 42.9 Å². The van der Waals surface area contributed by atoms with Crippen molar-refractivity contribution in [2.75, 3.05) is 13.1 Å². The Morgan fingerprint density at radius 1 is 0.889 bits per heavy atom. The number of nitrogens with zero attached hydrogens (tertiary/aromatic N) is 1. The predicted octanol–water partition coefficient (Wildman–Crippen LogP) is 0.725. The summed E-state index contributed by atoms with van der Waals surface area (Å²) in [5.41, 5.74) is 2.16. The molecule has 27 heavy (non-hydrogen) atoms. The molecule has 2 heterocycles. The first-order valence-corrected chi connectivity index (χ1v) is 8.44. The number of hydrogen-bond acceptors (Lipinski definition) is 4. The fraction of sp³-hybridized carbons (Fsp3) is 0.158. The van der Waals surface area contributed by atoms with Crippen molar-refractivity contribution in [2.24, 2.45) is 0 Å². The molecule has 3 aromatic rings. The molecule has 4 N–H and O–H groups in total. The standard InChI is InChI=1S/C19H19N5O3/c25-17(16-11-14-3-1-2-4-15(14)24-16)21-9-10-22-18(26)19(27)23-12-13-5-7-20-8-6-13/h1-8,11,24H,9-10,12H2,(H,21,25)(H,22,26)(H,23,27). The summed E-state index contributed by atoms with van der Waals surface area (Å²) >= 11 is 0. The lowest BCUT2D eigenvalue weighted by atomic mass is 10.2. The summed E-state index contributed by atoms with van der Waals surface area (Å²) in [4.78, 5) is 42.5. The first-order chi connectivity index (χ1) is 13.1. The highest BCUT2D eigenvalue weighted by Gasteiger charge is 2.13. The van der Waals surface area contributed by atoms with Gasteiger partial charge in [-0.3, -0.25) is 19.4 Å². The van der Waals surface area contributed by atoms with Gasteiger partial charge in [-0.05, 0) is 29.8 Å². The second-order valence-electron chi connectivity index (χ2n) is 5.82. The van der Waals surface area contributed by atoms with Gasteiger partial charge in [0.1, 0.15) is 5.69 Å². The van der Waals surface area contributed by atoms with Crippen LogP contribution in [0.15, 0.2) is 54.9 Å². The summed E-state index contributed by atoms with van der Waals surface area (Å²) in [6, 6.07) is 12.8. The number of H-pyrrole nitrogens is 1. The Labute approximate surface area is 155 Å². The minimum atomic E-state index is -0.746. The van der Waals surface area contributed by atoms with E-state index in [-0.39, 0.29) is 25.5 Å². The van der Waals surface area contributed by atoms with Crippen molar-refractivity contribution in [3.8, 4) is 0 Å². The fourth-order valence-electron chi connectivity index (χ4n) is 2.49. The van der Waals surface area contributed by atoms with Crippen LogP contribution in [0.1, 0.15) is 16.1 Å². The van der Waals surface area contributed by atoms with E-state index in [1.807, 2.05) is 24.3 Å². The zero-order chi connectivity index (χ0) is 19.1. The first kappa shape index (κ1) is 18.1. The number of fused-ring (bicyclic) bond motifs is 1. The highest BCUT2D eigenvalue weighted by Crippen LogP contribution is 2.14. The third-order valence-electron chi connectivity index (χ3n) is 3.88. The predicted molar refractivity (Wildman–Crippen MR) is 99.7 cm³/mol. The maximum atomic E-state index is 12.1. The average Bonchev–Trinajstić information content (AvgIpc) is 3.14. The van der Waals surface area contributed by atoms with Crippen molar-refractivity contribution in [3.05, 3.63) is 66.1 Å². The topological polar surface area (TPSA) is 116 Å². The highest BCUT2D eigenvalue weighted by molar-refractivity contribution is 6.35. The Balaban J connectivity index is 1.38. The number of hydrogen-bond donors (Lipinski definition) is 4. The molecular weight excluding hydrogens is 346 g/mol. The molecule has 0 fully saturated rings. The molecule has 1 aromatic carbocycles. The second kappa shape index (κ2) is 8.61. The number of rotatable bonds is 6. The third-order valence-corrected chi connectivity index (χ3v) is 3.88. The van der Waals surface area contributed by atoms with E-state index in [1.165, 1.54) is 0 Å². The fourth-order valence-corrected chi connectivity index (χ4v) is 2.49. The van der Waals surface area contributed by atoms with Crippen molar-refractivity contribution < 1.29 is 14.4 Å². The lowest BCUT2D eigenvalue weighted by Gasteiger charge is -2.07. The van der Waals surface area contributed by atoms with E-state index in [1.54, 1.807) is 30.6 Å². The molecular formula is C19H19N5O3. The van der Waals surface area contributed by atoms with Gasteiger partial charge in [0.05, 0.1) is 0 Å². The van der Waals surface area contributed by atoms with Crippen LogP contribution in [0.5, 0.6) is 0 Å². The molecule has 8 nitrogen and oxygen atoms in total. The van der Waals surface area contributed by atoms with Gasteiger partial charge in [-0.2, -0.15) is 0 Å². The van der Waals surface area contributed by atoms with Crippen molar-refractivity contribution in [1.82, 2.24) is 25.9 Å². The van der Waals surface area contributed by atoms with Gasteiger partial charge in [0.25, 0.3) is 5.91 Å². The van der Waals surface area contributed by atoms with E-state index in [9.17, 15) is 14.4 Å². The quantitative estimate of drug-likeness (QED) is 0.380. The number of carbonyl (C=O) groups excluding carboxylic acids is 3. The third kappa shape index (κ3) is 4.91. The molecule has 0 bridgehead atoms. The van der Waals surface area contributed by atoms with Crippen LogP contribution in [0.2, 0.25) is 0 Å². The van der Waals surface area contributed by atoms with Gasteiger partial charge in [0.15, 0.2) is 0 Å². The van der Waals surface area contributed by atoms with E-state index < -0.39 is 11.8 Å². The molecule has 0 unspecified atom stereocenters. The van der Waals surface area contributed by atoms with Crippen LogP contribution in [0, 0.1) is 0 Å². The SMILES string of the molecule is O=C(NCCNC(=O)c1cc2ccccc2[nH]1)C(=O)NCc1ccncc1. The molecule has 138 valence electrons. The maximum Gasteiger partial charge on any atom is 0.309 e. The zero-order valence-corrected chi connectivity index (χ0v) is 14.5. The summed E-state index contributed by atoms with van der Waals surface area (Å²) in [7, 11) is 0. The lowest BCUT2D eigenvalue weighted by molar-refractivity contribution is -0.139. The Bertz CT molecular complexity index is 919. The Hall–Kier alpha value is -3.68. The van der Waals surface area contributed by atoms with Gasteiger partial charge in [-0.15, -0.1) is 0 Å². The minimum absolute atomic E-state index is 0.146. The molecule has 0 saturated heterocycles. The van der Waals surface area contributed by atoms with Crippen LogP contribution in [-0.2, 0) is 16.1 Å². The highest BCUT2D eigenvalue weighted by atomic mass is 16.2. The molecule has 0 aliphatic heterocycles. The Kier molecular flexibility index (Phi) is 5.78. The number of pyridine rings is 1. The molecule has 0 atom stereocenters. The van der Waals surface area contributed by atoms with Crippen LogP contribution in [0.25, 0.3) is 10.9 Å². The van der Waals surface area contributed by atoms with E-state index in [0.717, 1.165) is 16.5 Å². The van der Waals surface area contributed by atoms with E-state index >= 15 is 0 Å². The van der Waals surface area contributed by atoms with E-state index in [0.29, 0.717) is 5.69 Å². The lowest BCUT2D eigenvalue weighted by Crippen LogP contribution is -2.42.